The van der Waals surface area contributed by atoms with Gasteiger partial charge in [0, 0.05) is 12.1 Å². The lowest BCUT2D eigenvalue weighted by Gasteiger charge is -2.35. The Bertz CT molecular complexity index is 378. The lowest BCUT2D eigenvalue weighted by atomic mass is 9.52. The molecule has 0 radical (unpaired) electrons. The van der Waals surface area contributed by atoms with Gasteiger partial charge < -0.3 is 4.81 Å². The summed E-state index contributed by atoms with van der Waals surface area (Å²) in [4.78, 5) is 7.16. The Morgan fingerprint density at radius 3 is 2.33 bits per heavy atom. The van der Waals surface area contributed by atoms with E-state index in [2.05, 4.69) is 65.3 Å². The topological polar surface area (TPSA) is 15.6 Å². The minimum Gasteiger partial charge on any atom is -0.398 e. The van der Waals surface area contributed by atoms with E-state index in [1.54, 1.807) is 0 Å². The van der Waals surface area contributed by atoms with Gasteiger partial charge in [0.15, 0.2) is 0 Å². The third kappa shape index (κ3) is 4.04. The van der Waals surface area contributed by atoms with Gasteiger partial charge in [0.25, 0.3) is 6.85 Å². The summed E-state index contributed by atoms with van der Waals surface area (Å²) in [5.41, 5.74) is 2.83. The number of hydrogen-bond donors (Lipinski definition) is 0. The maximum atomic E-state index is 4.72. The van der Waals surface area contributed by atoms with Crippen LogP contribution in [0.25, 0.3) is 0 Å². The molecule has 1 aliphatic heterocycles. The van der Waals surface area contributed by atoms with Crippen molar-refractivity contribution in [3.63, 3.8) is 0 Å². The molecule has 0 spiro atoms. The molecule has 0 aromatic heterocycles. The molecule has 0 N–H and O–H groups in total. The molecule has 18 heavy (non-hydrogen) atoms. The Balaban J connectivity index is 2.98. The van der Waals surface area contributed by atoms with Crippen LogP contribution in [0.5, 0.6) is 0 Å². The van der Waals surface area contributed by atoms with E-state index in [1.807, 2.05) is 0 Å². The summed E-state index contributed by atoms with van der Waals surface area (Å²) in [6, 6.07) is 0.837. The first kappa shape index (κ1) is 15.1. The van der Waals surface area contributed by atoms with Gasteiger partial charge in [-0.25, -0.2) is 0 Å². The molecule has 0 atom stereocenters. The van der Waals surface area contributed by atoms with Gasteiger partial charge in [0.1, 0.15) is 0 Å². The minimum atomic E-state index is 0.358. The first-order valence-electron chi connectivity index (χ1n) is 6.99. The average Bonchev–Trinajstić information content (AvgIpc) is 2.13. The highest BCUT2D eigenvalue weighted by Crippen LogP contribution is 2.21. The third-order valence-electron chi connectivity index (χ3n) is 3.19. The molecule has 0 aromatic rings. The Hall–Kier alpha value is -0.985. The highest BCUT2D eigenvalue weighted by Gasteiger charge is 2.27. The molecule has 0 amide bonds. The normalized spacial score (nSPS) is 17.2. The van der Waals surface area contributed by atoms with Crippen molar-refractivity contribution in [3.8, 4) is 0 Å². The zero-order valence-corrected chi connectivity index (χ0v) is 13.0. The summed E-state index contributed by atoms with van der Waals surface area (Å²) in [6.45, 7) is 15.8. The fourth-order valence-corrected chi connectivity index (χ4v) is 2.80. The Morgan fingerprint density at radius 1 is 1.28 bits per heavy atom. The second-order valence-electron chi connectivity index (χ2n) is 5.94. The molecule has 0 aliphatic carbocycles. The molecule has 0 aromatic carbocycles. The number of amidine groups is 1. The quantitative estimate of drug-likeness (QED) is 0.418. The van der Waals surface area contributed by atoms with Gasteiger partial charge in [-0.3, -0.25) is 4.99 Å². The summed E-state index contributed by atoms with van der Waals surface area (Å²) in [6.07, 6.45) is 3.39. The standard InChI is InChI=1S/C15H27BN2/c1-11(2)17-15(7)18(12(3)4)16-9-13(5)8-14(6)10-16/h8-9,11-12H,10H2,1-7H3. The molecular formula is C15H27BN2. The highest BCUT2D eigenvalue weighted by atomic mass is 15.2. The number of aliphatic imine (C=N–C) groups is 1. The van der Waals surface area contributed by atoms with Crippen LogP contribution in [0.1, 0.15) is 48.5 Å². The van der Waals surface area contributed by atoms with Crippen LogP contribution in [0.15, 0.2) is 28.2 Å². The maximum Gasteiger partial charge on any atom is 0.286 e. The summed E-state index contributed by atoms with van der Waals surface area (Å²) in [5, 5.41) is 0. The first-order valence-corrected chi connectivity index (χ1v) is 6.99. The minimum absolute atomic E-state index is 0.358. The molecule has 100 valence electrons. The molecule has 1 heterocycles. The summed E-state index contributed by atoms with van der Waals surface area (Å²) in [5.74, 6) is 3.52. The van der Waals surface area contributed by atoms with E-state index in [-0.39, 0.29) is 0 Å². The van der Waals surface area contributed by atoms with Gasteiger partial charge in [0.2, 0.25) is 0 Å². The molecule has 0 saturated carbocycles. The smallest absolute Gasteiger partial charge is 0.286 e. The number of allylic oxidation sites excluding steroid dienone is 3. The molecule has 3 heteroatoms. The second-order valence-corrected chi connectivity index (χ2v) is 5.94. The van der Waals surface area contributed by atoms with Crippen LogP contribution in [0, 0.1) is 0 Å². The van der Waals surface area contributed by atoms with Crippen molar-refractivity contribution in [1.82, 2.24) is 4.81 Å². The van der Waals surface area contributed by atoms with Gasteiger partial charge in [-0.1, -0.05) is 23.2 Å². The Labute approximate surface area is 113 Å². The van der Waals surface area contributed by atoms with E-state index < -0.39 is 0 Å². The van der Waals surface area contributed by atoms with Crippen LogP contribution in [-0.2, 0) is 0 Å². The molecular weight excluding hydrogens is 219 g/mol. The largest absolute Gasteiger partial charge is 0.398 e. The van der Waals surface area contributed by atoms with E-state index in [9.17, 15) is 0 Å². The molecule has 0 saturated heterocycles. The number of rotatable bonds is 3. The molecule has 2 nitrogen and oxygen atoms in total. The van der Waals surface area contributed by atoms with Crippen LogP contribution in [0.3, 0.4) is 0 Å². The van der Waals surface area contributed by atoms with Crippen molar-refractivity contribution in [1.29, 1.82) is 0 Å². The van der Waals surface area contributed by atoms with Crippen molar-refractivity contribution in [2.75, 3.05) is 0 Å². The van der Waals surface area contributed by atoms with Gasteiger partial charge in [-0.15, -0.1) is 0 Å². The average molecular weight is 246 g/mol. The van der Waals surface area contributed by atoms with Gasteiger partial charge >= 0.3 is 0 Å². The van der Waals surface area contributed by atoms with Crippen molar-refractivity contribution < 1.29 is 0 Å². The Morgan fingerprint density at radius 2 is 1.89 bits per heavy atom. The zero-order valence-electron chi connectivity index (χ0n) is 13.0. The van der Waals surface area contributed by atoms with E-state index in [0.717, 1.165) is 12.2 Å². The molecule has 0 fully saturated rings. The second kappa shape index (κ2) is 6.26. The van der Waals surface area contributed by atoms with E-state index in [1.165, 1.54) is 11.1 Å². The maximum absolute atomic E-state index is 4.72. The predicted octanol–water partition coefficient (Wildman–Crippen LogP) is 3.96. The summed E-state index contributed by atoms with van der Waals surface area (Å²) in [7, 11) is 0. The monoisotopic (exact) mass is 246 g/mol. The van der Waals surface area contributed by atoms with E-state index in [4.69, 9.17) is 4.99 Å². The lowest BCUT2D eigenvalue weighted by Crippen LogP contribution is -2.47. The fraction of sp³-hybridized carbons (Fsp3) is 0.667. The van der Waals surface area contributed by atoms with Gasteiger partial charge in [0.05, 0.1) is 5.84 Å². The van der Waals surface area contributed by atoms with Crippen LogP contribution in [-0.4, -0.2) is 29.6 Å². The van der Waals surface area contributed by atoms with Gasteiger partial charge in [-0.2, -0.15) is 0 Å². The van der Waals surface area contributed by atoms with Crippen LogP contribution < -0.4 is 0 Å². The van der Waals surface area contributed by atoms with Crippen LogP contribution >= 0.6 is 0 Å². The molecule has 0 unspecified atom stereocenters. The fourth-order valence-electron chi connectivity index (χ4n) is 2.80. The van der Waals surface area contributed by atoms with Crippen LogP contribution in [0.4, 0.5) is 0 Å². The van der Waals surface area contributed by atoms with Crippen molar-refractivity contribution >= 4 is 12.7 Å². The number of nitrogens with zero attached hydrogens (tertiary/aromatic N) is 2. The van der Waals surface area contributed by atoms with E-state index in [0.29, 0.717) is 18.9 Å². The molecule has 1 aliphatic rings. The third-order valence-corrected chi connectivity index (χ3v) is 3.19. The first-order chi connectivity index (χ1) is 8.31. The SMILES string of the molecule is CC1=CB(N(C(C)=NC(C)C)C(C)C)CC(C)=C1. The zero-order chi connectivity index (χ0) is 13.9. The van der Waals surface area contributed by atoms with Crippen molar-refractivity contribution in [2.24, 2.45) is 4.99 Å². The predicted molar refractivity (Wildman–Crippen MR) is 83.3 cm³/mol. The number of hydrogen-bond acceptors (Lipinski definition) is 1. The summed E-state index contributed by atoms with van der Waals surface area (Å²) >= 11 is 0. The molecule has 1 rings (SSSR count). The highest BCUT2D eigenvalue weighted by molar-refractivity contribution is 6.65. The molecule has 0 bridgehead atoms. The lowest BCUT2D eigenvalue weighted by molar-refractivity contribution is 0.508. The van der Waals surface area contributed by atoms with Gasteiger partial charge in [-0.05, 0) is 54.8 Å². The summed E-state index contributed by atoms with van der Waals surface area (Å²) < 4.78 is 0. The van der Waals surface area contributed by atoms with Crippen molar-refractivity contribution in [2.45, 2.75) is 66.9 Å². The van der Waals surface area contributed by atoms with Crippen LogP contribution in [0.2, 0.25) is 6.32 Å². The Kier molecular flexibility index (Phi) is 5.24. The van der Waals surface area contributed by atoms with E-state index >= 15 is 0 Å². The van der Waals surface area contributed by atoms with Crippen molar-refractivity contribution in [3.05, 3.63) is 23.2 Å².